The summed E-state index contributed by atoms with van der Waals surface area (Å²) in [6.45, 7) is 2.99. The topological polar surface area (TPSA) is 109 Å². The quantitative estimate of drug-likeness (QED) is 0.742. The fraction of sp³-hybridized carbons (Fsp3) is 0.250. The van der Waals surface area contributed by atoms with Gasteiger partial charge in [0, 0.05) is 12.2 Å². The first-order valence-electron chi connectivity index (χ1n) is 6.14. The molecule has 0 aliphatic heterocycles. The normalized spacial score (nSPS) is 10.9. The molecule has 0 atom stereocenters. The van der Waals surface area contributed by atoms with Crippen LogP contribution in [0.25, 0.3) is 23.1 Å². The Labute approximate surface area is 114 Å². The fourth-order valence-electron chi connectivity index (χ4n) is 1.74. The lowest BCUT2D eigenvalue weighted by Crippen LogP contribution is -2.10. The first-order valence-corrected chi connectivity index (χ1v) is 6.14. The molecule has 0 radical (unpaired) electrons. The molecule has 0 amide bonds. The van der Waals surface area contributed by atoms with E-state index in [1.165, 1.54) is 0 Å². The van der Waals surface area contributed by atoms with Crippen LogP contribution in [-0.2, 0) is 6.54 Å². The molecule has 102 valence electrons. The van der Waals surface area contributed by atoms with Crippen molar-refractivity contribution in [3.63, 3.8) is 0 Å². The number of pyridine rings is 1. The van der Waals surface area contributed by atoms with Crippen LogP contribution in [0.4, 0.5) is 0 Å². The van der Waals surface area contributed by atoms with Gasteiger partial charge in [-0.1, -0.05) is 16.4 Å². The Morgan fingerprint density at radius 1 is 1.25 bits per heavy atom. The Kier molecular flexibility index (Phi) is 3.21. The largest absolute Gasteiger partial charge is 0.332 e. The predicted molar refractivity (Wildman–Crippen MR) is 70.3 cm³/mol. The zero-order chi connectivity index (χ0) is 13.9. The summed E-state index contributed by atoms with van der Waals surface area (Å²) in [7, 11) is 0. The zero-order valence-corrected chi connectivity index (χ0v) is 10.9. The highest BCUT2D eigenvalue weighted by molar-refractivity contribution is 5.53. The van der Waals surface area contributed by atoms with Crippen LogP contribution in [0.3, 0.4) is 0 Å². The van der Waals surface area contributed by atoms with Gasteiger partial charge in [-0.3, -0.25) is 4.68 Å². The standard InChI is InChI=1S/C12H13N7O/c1-8-3-2-4-9(14-8)11-15-12(20-17-11)10-7-19(6-5-13)18-16-10/h2-4,7H,5-6,13H2,1H3. The van der Waals surface area contributed by atoms with E-state index in [1.54, 1.807) is 10.9 Å². The maximum atomic E-state index is 5.45. The third-order valence-corrected chi connectivity index (χ3v) is 2.66. The smallest absolute Gasteiger partial charge is 0.280 e. The number of nitrogens with zero attached hydrogens (tertiary/aromatic N) is 6. The first kappa shape index (κ1) is 12.4. The molecular weight excluding hydrogens is 258 g/mol. The van der Waals surface area contributed by atoms with Crippen LogP contribution in [0.1, 0.15) is 5.69 Å². The van der Waals surface area contributed by atoms with Gasteiger partial charge in [0.05, 0.1) is 12.7 Å². The van der Waals surface area contributed by atoms with Gasteiger partial charge in [-0.05, 0) is 19.1 Å². The molecule has 3 aromatic heterocycles. The van der Waals surface area contributed by atoms with Crippen molar-refractivity contribution in [2.24, 2.45) is 5.73 Å². The molecule has 0 spiro atoms. The summed E-state index contributed by atoms with van der Waals surface area (Å²) in [4.78, 5) is 8.62. The molecule has 0 saturated heterocycles. The third kappa shape index (κ3) is 2.41. The minimum absolute atomic E-state index is 0.312. The van der Waals surface area contributed by atoms with Crippen molar-refractivity contribution in [3.05, 3.63) is 30.1 Å². The highest BCUT2D eigenvalue weighted by Gasteiger charge is 2.14. The van der Waals surface area contributed by atoms with E-state index < -0.39 is 0 Å². The van der Waals surface area contributed by atoms with Gasteiger partial charge in [0.1, 0.15) is 5.69 Å². The molecule has 0 saturated carbocycles. The van der Waals surface area contributed by atoms with Crippen molar-refractivity contribution in [1.82, 2.24) is 30.1 Å². The van der Waals surface area contributed by atoms with E-state index in [9.17, 15) is 0 Å². The number of aryl methyl sites for hydroxylation is 1. The van der Waals surface area contributed by atoms with Crippen molar-refractivity contribution in [1.29, 1.82) is 0 Å². The molecule has 0 aromatic carbocycles. The number of aromatic nitrogens is 6. The van der Waals surface area contributed by atoms with Gasteiger partial charge in [-0.25, -0.2) is 4.98 Å². The SMILES string of the molecule is Cc1cccc(-c2noc(-c3cn(CCN)nn3)n2)n1. The van der Waals surface area contributed by atoms with Gasteiger partial charge >= 0.3 is 0 Å². The minimum Gasteiger partial charge on any atom is -0.332 e. The van der Waals surface area contributed by atoms with Crippen LogP contribution >= 0.6 is 0 Å². The maximum absolute atomic E-state index is 5.45. The van der Waals surface area contributed by atoms with Crippen molar-refractivity contribution in [2.75, 3.05) is 6.54 Å². The van der Waals surface area contributed by atoms with Crippen molar-refractivity contribution >= 4 is 0 Å². The Morgan fingerprint density at radius 3 is 2.95 bits per heavy atom. The molecule has 0 fully saturated rings. The van der Waals surface area contributed by atoms with E-state index in [2.05, 4.69) is 25.4 Å². The van der Waals surface area contributed by atoms with Gasteiger partial charge in [-0.15, -0.1) is 5.10 Å². The molecule has 3 heterocycles. The number of rotatable bonds is 4. The molecule has 0 aliphatic rings. The molecular formula is C12H13N7O. The molecule has 3 aromatic rings. The van der Waals surface area contributed by atoms with Crippen LogP contribution in [0.5, 0.6) is 0 Å². The van der Waals surface area contributed by atoms with E-state index >= 15 is 0 Å². The van der Waals surface area contributed by atoms with Crippen LogP contribution in [0, 0.1) is 6.92 Å². The van der Waals surface area contributed by atoms with E-state index in [-0.39, 0.29) is 0 Å². The summed E-state index contributed by atoms with van der Waals surface area (Å²) in [6.07, 6.45) is 1.72. The summed E-state index contributed by atoms with van der Waals surface area (Å²) >= 11 is 0. The number of hydrogen-bond acceptors (Lipinski definition) is 7. The van der Waals surface area contributed by atoms with Crippen LogP contribution in [0.15, 0.2) is 28.9 Å². The number of nitrogens with two attached hydrogens (primary N) is 1. The van der Waals surface area contributed by atoms with Gasteiger partial charge in [0.25, 0.3) is 5.89 Å². The van der Waals surface area contributed by atoms with Gasteiger partial charge in [0.2, 0.25) is 5.82 Å². The molecule has 20 heavy (non-hydrogen) atoms. The summed E-state index contributed by atoms with van der Waals surface area (Å²) < 4.78 is 6.82. The molecule has 2 N–H and O–H groups in total. The van der Waals surface area contributed by atoms with Crippen LogP contribution in [-0.4, -0.2) is 36.7 Å². The lowest BCUT2D eigenvalue weighted by atomic mass is 10.3. The molecule has 0 aliphatic carbocycles. The highest BCUT2D eigenvalue weighted by Crippen LogP contribution is 2.19. The Morgan fingerprint density at radius 2 is 2.15 bits per heavy atom. The predicted octanol–water partition coefficient (Wildman–Crippen LogP) is 0.657. The second-order valence-electron chi connectivity index (χ2n) is 4.24. The van der Waals surface area contributed by atoms with Gasteiger partial charge < -0.3 is 10.3 Å². The maximum Gasteiger partial charge on any atom is 0.280 e. The molecule has 8 heteroatoms. The zero-order valence-electron chi connectivity index (χ0n) is 10.9. The highest BCUT2D eigenvalue weighted by atomic mass is 16.5. The van der Waals surface area contributed by atoms with E-state index in [4.69, 9.17) is 10.3 Å². The van der Waals surface area contributed by atoms with E-state index in [1.807, 2.05) is 25.1 Å². The molecule has 0 unspecified atom stereocenters. The van der Waals surface area contributed by atoms with Crippen molar-refractivity contribution < 1.29 is 4.52 Å². The fourth-order valence-corrected chi connectivity index (χ4v) is 1.74. The monoisotopic (exact) mass is 271 g/mol. The van der Waals surface area contributed by atoms with Crippen LogP contribution < -0.4 is 5.73 Å². The average Bonchev–Trinajstić information content (AvgIpc) is 3.07. The third-order valence-electron chi connectivity index (χ3n) is 2.66. The summed E-state index contributed by atoms with van der Waals surface area (Å²) in [6, 6.07) is 5.63. The summed E-state index contributed by atoms with van der Waals surface area (Å²) in [5.41, 5.74) is 7.53. The van der Waals surface area contributed by atoms with Crippen molar-refractivity contribution in [2.45, 2.75) is 13.5 Å². The van der Waals surface area contributed by atoms with Crippen LogP contribution in [0.2, 0.25) is 0 Å². The summed E-state index contributed by atoms with van der Waals surface area (Å²) in [5.74, 6) is 0.739. The summed E-state index contributed by atoms with van der Waals surface area (Å²) in [5, 5.41) is 11.8. The van der Waals surface area contributed by atoms with Crippen molar-refractivity contribution in [3.8, 4) is 23.1 Å². The lowest BCUT2D eigenvalue weighted by molar-refractivity contribution is 0.430. The average molecular weight is 271 g/mol. The number of hydrogen-bond donors (Lipinski definition) is 1. The van der Waals surface area contributed by atoms with E-state index in [0.717, 1.165) is 5.69 Å². The Bertz CT molecular complexity index is 718. The molecule has 3 rings (SSSR count). The van der Waals surface area contributed by atoms with Gasteiger partial charge in [0.15, 0.2) is 5.69 Å². The Hall–Kier alpha value is -2.61. The first-order chi connectivity index (χ1) is 9.76. The molecule has 8 nitrogen and oxygen atoms in total. The molecule has 0 bridgehead atoms. The van der Waals surface area contributed by atoms with Gasteiger partial charge in [-0.2, -0.15) is 4.98 Å². The lowest BCUT2D eigenvalue weighted by Gasteiger charge is -1.94. The second kappa shape index (κ2) is 5.17. The Balaban J connectivity index is 1.89. The minimum atomic E-state index is 0.312. The van der Waals surface area contributed by atoms with E-state index in [0.29, 0.717) is 36.2 Å². The second-order valence-corrected chi connectivity index (χ2v) is 4.24.